The Labute approximate surface area is 107 Å². The number of benzene rings is 1. The molecule has 1 aliphatic rings. The van der Waals surface area contributed by atoms with Crippen LogP contribution >= 0.6 is 11.3 Å². The Morgan fingerprint density at radius 1 is 1.44 bits per heavy atom. The van der Waals surface area contributed by atoms with Crippen LogP contribution in [0.4, 0.5) is 10.5 Å². The molecular formula is C12H9N3O2S. The van der Waals surface area contributed by atoms with E-state index >= 15 is 0 Å². The molecule has 2 heterocycles. The number of aromatic nitrogens is 1. The minimum Gasteiger partial charge on any atom is -0.351 e. The van der Waals surface area contributed by atoms with Gasteiger partial charge in [0.1, 0.15) is 5.01 Å². The quantitative estimate of drug-likeness (QED) is 0.848. The number of carbonyl (C=O) groups is 2. The maximum absolute atomic E-state index is 11.7. The lowest BCUT2D eigenvalue weighted by atomic mass is 10.1. The van der Waals surface area contributed by atoms with Crippen molar-refractivity contribution in [1.82, 2.24) is 4.98 Å². The monoisotopic (exact) mass is 259 g/mol. The van der Waals surface area contributed by atoms with Crippen molar-refractivity contribution in [2.75, 3.05) is 4.90 Å². The van der Waals surface area contributed by atoms with Crippen LogP contribution in [0.1, 0.15) is 5.56 Å². The maximum Gasteiger partial charge on any atom is 0.326 e. The third kappa shape index (κ3) is 1.58. The van der Waals surface area contributed by atoms with E-state index in [0.717, 1.165) is 21.0 Å². The number of amides is 3. The summed E-state index contributed by atoms with van der Waals surface area (Å²) in [4.78, 5) is 28.1. The molecule has 1 aromatic carbocycles. The van der Waals surface area contributed by atoms with E-state index < -0.39 is 6.03 Å². The third-order valence-corrected chi connectivity index (χ3v) is 3.63. The Balaban J connectivity index is 2.07. The van der Waals surface area contributed by atoms with Crippen molar-refractivity contribution < 1.29 is 9.59 Å². The van der Waals surface area contributed by atoms with Crippen LogP contribution in [0.15, 0.2) is 29.8 Å². The number of carbonyl (C=O) groups excluding carboxylic acids is 2. The molecule has 0 saturated heterocycles. The summed E-state index contributed by atoms with van der Waals surface area (Å²) in [5, 5.41) is 2.78. The summed E-state index contributed by atoms with van der Waals surface area (Å²) in [6, 6.07) is 4.73. The Bertz CT molecular complexity index is 637. The van der Waals surface area contributed by atoms with E-state index in [2.05, 4.69) is 4.98 Å². The number of nitrogens with two attached hydrogens (primary N) is 1. The molecular weight excluding hydrogens is 250 g/mol. The molecule has 18 heavy (non-hydrogen) atoms. The van der Waals surface area contributed by atoms with Crippen LogP contribution in [0.3, 0.4) is 0 Å². The fourth-order valence-electron chi connectivity index (χ4n) is 2.06. The molecule has 0 spiro atoms. The fraction of sp³-hybridized carbons (Fsp3) is 0.0833. The third-order valence-electron chi connectivity index (χ3n) is 2.81. The molecule has 3 rings (SSSR count). The summed E-state index contributed by atoms with van der Waals surface area (Å²) in [5.41, 5.74) is 7.53. The number of thiazole rings is 1. The van der Waals surface area contributed by atoms with Gasteiger partial charge in [-0.1, -0.05) is 0 Å². The van der Waals surface area contributed by atoms with Gasteiger partial charge in [-0.15, -0.1) is 11.3 Å². The van der Waals surface area contributed by atoms with Gasteiger partial charge >= 0.3 is 6.03 Å². The zero-order valence-electron chi connectivity index (χ0n) is 9.29. The summed E-state index contributed by atoms with van der Waals surface area (Å²) >= 11 is 1.53. The van der Waals surface area contributed by atoms with Gasteiger partial charge < -0.3 is 5.73 Å². The Hall–Kier alpha value is -2.21. The number of hydrogen-bond donors (Lipinski definition) is 1. The van der Waals surface area contributed by atoms with Crippen molar-refractivity contribution in [2.24, 2.45) is 5.73 Å². The molecule has 0 saturated carbocycles. The highest BCUT2D eigenvalue weighted by molar-refractivity contribution is 7.13. The van der Waals surface area contributed by atoms with E-state index in [1.807, 2.05) is 17.5 Å². The predicted octanol–water partition coefficient (Wildman–Crippen LogP) is 1.78. The second kappa shape index (κ2) is 3.92. The highest BCUT2D eigenvalue weighted by atomic mass is 32.1. The molecule has 0 unspecified atom stereocenters. The van der Waals surface area contributed by atoms with Crippen LogP contribution < -0.4 is 10.6 Å². The molecule has 0 bridgehead atoms. The summed E-state index contributed by atoms with van der Waals surface area (Å²) < 4.78 is 0. The van der Waals surface area contributed by atoms with Gasteiger partial charge in [-0.25, -0.2) is 14.7 Å². The van der Waals surface area contributed by atoms with Gasteiger partial charge in [0.15, 0.2) is 0 Å². The zero-order chi connectivity index (χ0) is 12.7. The number of rotatable bonds is 1. The van der Waals surface area contributed by atoms with Crippen LogP contribution in [0.25, 0.3) is 10.6 Å². The Morgan fingerprint density at radius 3 is 2.94 bits per heavy atom. The number of anilines is 1. The number of primary amides is 1. The second-order valence-corrected chi connectivity index (χ2v) is 4.82. The number of imide groups is 1. The van der Waals surface area contributed by atoms with Gasteiger partial charge in [-0.05, 0) is 23.8 Å². The molecule has 1 aliphatic heterocycles. The van der Waals surface area contributed by atoms with Crippen molar-refractivity contribution in [3.63, 3.8) is 0 Å². The molecule has 2 N–H and O–H groups in total. The minimum absolute atomic E-state index is 0.206. The number of fused-ring (bicyclic) bond motifs is 1. The highest BCUT2D eigenvalue weighted by Crippen LogP contribution is 2.33. The van der Waals surface area contributed by atoms with Crippen LogP contribution in [0.2, 0.25) is 0 Å². The molecule has 90 valence electrons. The zero-order valence-corrected chi connectivity index (χ0v) is 10.1. The van der Waals surface area contributed by atoms with Crippen LogP contribution in [-0.4, -0.2) is 16.9 Å². The van der Waals surface area contributed by atoms with Gasteiger partial charge in [-0.2, -0.15) is 0 Å². The van der Waals surface area contributed by atoms with Gasteiger partial charge in [0.05, 0.1) is 12.1 Å². The van der Waals surface area contributed by atoms with E-state index in [1.54, 1.807) is 12.3 Å². The van der Waals surface area contributed by atoms with E-state index in [0.29, 0.717) is 5.69 Å². The predicted molar refractivity (Wildman–Crippen MR) is 68.3 cm³/mol. The summed E-state index contributed by atoms with van der Waals surface area (Å²) in [5.74, 6) is -0.284. The first kappa shape index (κ1) is 10.9. The molecule has 0 fully saturated rings. The minimum atomic E-state index is -0.735. The average Bonchev–Trinajstić information content (AvgIpc) is 2.92. The van der Waals surface area contributed by atoms with E-state index in [1.165, 1.54) is 11.3 Å². The first-order chi connectivity index (χ1) is 8.66. The fourth-order valence-corrected chi connectivity index (χ4v) is 2.70. The average molecular weight is 259 g/mol. The Kier molecular flexibility index (Phi) is 2.38. The molecule has 5 nitrogen and oxygen atoms in total. The lowest BCUT2D eigenvalue weighted by Crippen LogP contribution is -2.38. The first-order valence-corrected chi connectivity index (χ1v) is 6.20. The van der Waals surface area contributed by atoms with E-state index in [9.17, 15) is 9.59 Å². The Morgan fingerprint density at radius 2 is 2.28 bits per heavy atom. The van der Waals surface area contributed by atoms with Crippen LogP contribution in [-0.2, 0) is 11.2 Å². The molecule has 2 aromatic rings. The number of nitrogens with zero attached hydrogens (tertiary/aromatic N) is 2. The van der Waals surface area contributed by atoms with Crippen molar-refractivity contribution >= 4 is 29.0 Å². The lowest BCUT2D eigenvalue weighted by Gasteiger charge is -2.11. The standard InChI is InChI=1S/C12H9N3O2S/c13-12(17)15-9-2-1-7(11-14-3-4-18-11)5-8(9)6-10(15)16/h1-5H,6H2,(H2,13,17). The van der Waals surface area contributed by atoms with Crippen molar-refractivity contribution in [1.29, 1.82) is 0 Å². The van der Waals surface area contributed by atoms with Crippen molar-refractivity contribution in [3.05, 3.63) is 35.3 Å². The number of urea groups is 1. The topological polar surface area (TPSA) is 76.3 Å². The molecule has 3 amide bonds. The molecule has 0 aliphatic carbocycles. The molecule has 0 atom stereocenters. The molecule has 6 heteroatoms. The second-order valence-electron chi connectivity index (χ2n) is 3.92. The SMILES string of the molecule is NC(=O)N1C(=O)Cc2cc(-c3nccs3)ccc21. The summed E-state index contributed by atoms with van der Waals surface area (Å²) in [6.45, 7) is 0. The van der Waals surface area contributed by atoms with Gasteiger partial charge in [0, 0.05) is 17.1 Å². The number of hydrogen-bond acceptors (Lipinski definition) is 4. The largest absolute Gasteiger partial charge is 0.351 e. The molecule has 0 radical (unpaired) electrons. The first-order valence-electron chi connectivity index (χ1n) is 5.32. The van der Waals surface area contributed by atoms with Crippen molar-refractivity contribution in [2.45, 2.75) is 6.42 Å². The lowest BCUT2D eigenvalue weighted by molar-refractivity contribution is -0.116. The van der Waals surface area contributed by atoms with E-state index in [-0.39, 0.29) is 12.3 Å². The summed E-state index contributed by atoms with van der Waals surface area (Å²) in [7, 11) is 0. The normalized spacial score (nSPS) is 13.8. The van der Waals surface area contributed by atoms with Gasteiger partial charge in [-0.3, -0.25) is 4.79 Å². The van der Waals surface area contributed by atoms with Crippen molar-refractivity contribution in [3.8, 4) is 10.6 Å². The highest BCUT2D eigenvalue weighted by Gasteiger charge is 2.31. The van der Waals surface area contributed by atoms with E-state index in [4.69, 9.17) is 5.73 Å². The van der Waals surface area contributed by atoms with Crippen LogP contribution in [0, 0.1) is 0 Å². The molecule has 1 aromatic heterocycles. The van der Waals surface area contributed by atoms with Gasteiger partial charge in [0.25, 0.3) is 0 Å². The smallest absolute Gasteiger partial charge is 0.326 e. The van der Waals surface area contributed by atoms with Gasteiger partial charge in [0.2, 0.25) is 5.91 Å². The summed E-state index contributed by atoms with van der Waals surface area (Å²) in [6.07, 6.45) is 1.94. The van der Waals surface area contributed by atoms with Crippen LogP contribution in [0.5, 0.6) is 0 Å². The maximum atomic E-state index is 11.7.